The van der Waals surface area contributed by atoms with Crippen LogP contribution < -0.4 is 0 Å². The third kappa shape index (κ3) is 3.28. The summed E-state index contributed by atoms with van der Waals surface area (Å²) >= 11 is 0. The molecule has 0 spiro atoms. The average Bonchev–Trinajstić information content (AvgIpc) is 3.51. The molecule has 32 heavy (non-hydrogen) atoms. The topological polar surface area (TPSA) is 62.3 Å². The molecule has 0 aliphatic rings. The van der Waals surface area contributed by atoms with Crippen molar-refractivity contribution in [2.24, 2.45) is 0 Å². The van der Waals surface area contributed by atoms with Crippen molar-refractivity contribution in [3.8, 4) is 17.1 Å². The molecule has 5 nitrogen and oxygen atoms in total. The molecule has 0 radical (unpaired) electrons. The van der Waals surface area contributed by atoms with Crippen LogP contribution in [0.5, 0.6) is 0 Å². The predicted molar refractivity (Wildman–Crippen MR) is 133 cm³/mol. The number of allylic oxidation sites excluding steroid dienone is 5. The second-order valence-corrected chi connectivity index (χ2v) is 7.96. The predicted octanol–water partition coefficient (Wildman–Crippen LogP) is 6.74. The highest BCUT2D eigenvalue weighted by Gasteiger charge is 2.15. The fraction of sp³-hybridized carbons (Fsp3) is 0.111. The second-order valence-electron chi connectivity index (χ2n) is 7.96. The van der Waals surface area contributed by atoms with Crippen LogP contribution in [0.3, 0.4) is 0 Å². The van der Waals surface area contributed by atoms with Crippen molar-refractivity contribution >= 4 is 27.4 Å². The van der Waals surface area contributed by atoms with Crippen LogP contribution in [0, 0.1) is 6.92 Å². The quantitative estimate of drug-likeness (QED) is 0.310. The van der Waals surface area contributed by atoms with Crippen molar-refractivity contribution in [3.05, 3.63) is 96.6 Å². The number of imidazole rings is 1. The lowest BCUT2D eigenvalue weighted by atomic mass is 9.96. The molecule has 0 unspecified atom stereocenters. The Balaban J connectivity index is 1.65. The summed E-state index contributed by atoms with van der Waals surface area (Å²) in [5.74, 6) is 0. The van der Waals surface area contributed by atoms with Gasteiger partial charge in [0.05, 0.1) is 28.9 Å². The fourth-order valence-electron chi connectivity index (χ4n) is 4.32. The van der Waals surface area contributed by atoms with Gasteiger partial charge < -0.3 is 9.55 Å². The number of nitrogens with one attached hydrogen (secondary N) is 2. The Morgan fingerprint density at radius 1 is 1.09 bits per heavy atom. The van der Waals surface area contributed by atoms with Crippen molar-refractivity contribution in [2.45, 2.75) is 20.8 Å². The Bertz CT molecular complexity index is 1520. The summed E-state index contributed by atoms with van der Waals surface area (Å²) in [4.78, 5) is 7.94. The maximum absolute atomic E-state index is 4.65. The molecule has 5 rings (SSSR count). The van der Waals surface area contributed by atoms with E-state index in [1.54, 1.807) is 0 Å². The lowest BCUT2D eigenvalue weighted by Gasteiger charge is -2.08. The van der Waals surface area contributed by atoms with E-state index in [0.717, 1.165) is 50.1 Å². The average molecular weight is 420 g/mol. The number of benzene rings is 2. The minimum Gasteiger partial charge on any atom is -0.353 e. The standard InChI is InChI=1S/C27H25N5/c1-5-8-17(3)20(6-2)19-11-12-24-22(13-19)27(31-30-24)25-14-21-23(29-25)9-7-10-26(21)32-15-18(4)28-16-32/h5-16,29H,1H2,2-4H3,(H,30,31)/b17-8-,20-6+. The van der Waals surface area contributed by atoms with Crippen LogP contribution in [0.25, 0.3) is 44.5 Å². The van der Waals surface area contributed by atoms with Crippen molar-refractivity contribution in [2.75, 3.05) is 0 Å². The van der Waals surface area contributed by atoms with Crippen LogP contribution in [-0.2, 0) is 0 Å². The van der Waals surface area contributed by atoms with E-state index in [0.29, 0.717) is 0 Å². The summed E-state index contributed by atoms with van der Waals surface area (Å²) < 4.78 is 2.06. The first-order chi connectivity index (χ1) is 15.6. The highest BCUT2D eigenvalue weighted by molar-refractivity contribution is 5.99. The van der Waals surface area contributed by atoms with Crippen LogP contribution in [-0.4, -0.2) is 24.7 Å². The molecule has 3 aromatic heterocycles. The van der Waals surface area contributed by atoms with Crippen molar-refractivity contribution in [1.82, 2.24) is 24.7 Å². The zero-order valence-electron chi connectivity index (χ0n) is 18.5. The fourth-order valence-corrected chi connectivity index (χ4v) is 4.32. The van der Waals surface area contributed by atoms with E-state index in [1.165, 1.54) is 11.1 Å². The SMILES string of the molecule is C=C/C=C(C)\C(=C/C)c1ccc2[nH]nc(-c3cc4c(-n5cnc(C)c5)cccc4[nH]3)c2c1. The minimum absolute atomic E-state index is 0.909. The van der Waals surface area contributed by atoms with Gasteiger partial charge in [-0.1, -0.05) is 36.9 Å². The zero-order valence-corrected chi connectivity index (χ0v) is 18.5. The van der Waals surface area contributed by atoms with Gasteiger partial charge >= 0.3 is 0 Å². The van der Waals surface area contributed by atoms with Gasteiger partial charge in [-0.05, 0) is 67.8 Å². The summed E-state index contributed by atoms with van der Waals surface area (Å²) in [6, 6.07) is 14.8. The molecule has 0 atom stereocenters. The highest BCUT2D eigenvalue weighted by Crippen LogP contribution is 2.33. The van der Waals surface area contributed by atoms with E-state index >= 15 is 0 Å². The molecule has 0 aliphatic carbocycles. The van der Waals surface area contributed by atoms with E-state index in [-0.39, 0.29) is 0 Å². The molecule has 5 aromatic rings. The van der Waals surface area contributed by atoms with E-state index in [1.807, 2.05) is 31.6 Å². The molecule has 0 bridgehead atoms. The monoisotopic (exact) mass is 419 g/mol. The Morgan fingerprint density at radius 2 is 1.97 bits per heavy atom. The molecule has 0 amide bonds. The van der Waals surface area contributed by atoms with Gasteiger partial charge in [0.2, 0.25) is 0 Å². The smallest absolute Gasteiger partial charge is 0.116 e. The molecule has 158 valence electrons. The number of aromatic nitrogens is 5. The van der Waals surface area contributed by atoms with Crippen molar-refractivity contribution in [1.29, 1.82) is 0 Å². The Labute approximate surface area is 186 Å². The van der Waals surface area contributed by atoms with E-state index in [9.17, 15) is 0 Å². The highest BCUT2D eigenvalue weighted by atomic mass is 15.1. The first-order valence-corrected chi connectivity index (χ1v) is 10.7. The third-order valence-corrected chi connectivity index (χ3v) is 5.84. The Hall–Kier alpha value is -4.12. The maximum atomic E-state index is 4.65. The first-order valence-electron chi connectivity index (χ1n) is 10.7. The summed E-state index contributed by atoms with van der Waals surface area (Å²) in [5, 5.41) is 10.0. The largest absolute Gasteiger partial charge is 0.353 e. The maximum Gasteiger partial charge on any atom is 0.116 e. The number of aromatic amines is 2. The molecule has 2 N–H and O–H groups in total. The van der Waals surface area contributed by atoms with Gasteiger partial charge in [0.1, 0.15) is 5.69 Å². The van der Waals surface area contributed by atoms with Crippen LogP contribution >= 0.6 is 0 Å². The van der Waals surface area contributed by atoms with Crippen molar-refractivity contribution < 1.29 is 0 Å². The van der Waals surface area contributed by atoms with Crippen LogP contribution in [0.15, 0.2) is 85.4 Å². The molecular weight excluding hydrogens is 394 g/mol. The third-order valence-electron chi connectivity index (χ3n) is 5.84. The zero-order chi connectivity index (χ0) is 22.2. The number of hydrogen-bond acceptors (Lipinski definition) is 2. The molecule has 0 saturated heterocycles. The van der Waals surface area contributed by atoms with Crippen LogP contribution in [0.1, 0.15) is 25.1 Å². The summed E-state index contributed by atoms with van der Waals surface area (Å²) in [6.07, 6.45) is 9.88. The molecular formula is C27H25N5. The molecule has 5 heteroatoms. The lowest BCUT2D eigenvalue weighted by molar-refractivity contribution is 1.07. The number of rotatable bonds is 5. The van der Waals surface area contributed by atoms with Gasteiger partial charge in [0.25, 0.3) is 0 Å². The second kappa shape index (κ2) is 7.85. The van der Waals surface area contributed by atoms with Gasteiger partial charge in [0, 0.05) is 22.5 Å². The summed E-state index contributed by atoms with van der Waals surface area (Å²) in [6.45, 7) is 10.00. The Morgan fingerprint density at radius 3 is 2.72 bits per heavy atom. The number of H-pyrrole nitrogens is 2. The van der Waals surface area contributed by atoms with Gasteiger partial charge in [-0.3, -0.25) is 5.10 Å². The first kappa shape index (κ1) is 19.8. The van der Waals surface area contributed by atoms with Crippen molar-refractivity contribution in [3.63, 3.8) is 0 Å². The number of hydrogen-bond donors (Lipinski definition) is 2. The lowest BCUT2D eigenvalue weighted by Crippen LogP contribution is -1.89. The van der Waals surface area contributed by atoms with E-state index in [2.05, 4.69) is 93.7 Å². The van der Waals surface area contributed by atoms with Crippen LogP contribution in [0.2, 0.25) is 0 Å². The molecule has 0 fully saturated rings. The van der Waals surface area contributed by atoms with Gasteiger partial charge in [-0.2, -0.15) is 5.10 Å². The molecule has 2 aromatic carbocycles. The minimum atomic E-state index is 0.909. The van der Waals surface area contributed by atoms with Gasteiger partial charge in [-0.25, -0.2) is 4.98 Å². The van der Waals surface area contributed by atoms with Gasteiger partial charge in [0.15, 0.2) is 0 Å². The normalized spacial score (nSPS) is 12.7. The van der Waals surface area contributed by atoms with Gasteiger partial charge in [-0.15, -0.1) is 0 Å². The summed E-state index contributed by atoms with van der Waals surface area (Å²) in [7, 11) is 0. The number of aryl methyl sites for hydroxylation is 1. The number of fused-ring (bicyclic) bond motifs is 2. The number of nitrogens with zero attached hydrogens (tertiary/aromatic N) is 3. The molecule has 3 heterocycles. The Kier molecular flexibility index (Phi) is 4.86. The molecule has 0 saturated carbocycles. The van der Waals surface area contributed by atoms with E-state index in [4.69, 9.17) is 0 Å². The van der Waals surface area contributed by atoms with Crippen LogP contribution in [0.4, 0.5) is 0 Å². The summed E-state index contributed by atoms with van der Waals surface area (Å²) in [5.41, 5.74) is 9.56. The molecule has 0 aliphatic heterocycles. The van der Waals surface area contributed by atoms with E-state index < -0.39 is 0 Å².